The van der Waals surface area contributed by atoms with Crippen LogP contribution in [0.2, 0.25) is 0 Å². The molecule has 0 spiro atoms. The van der Waals surface area contributed by atoms with Crippen LogP contribution in [0.1, 0.15) is 5.69 Å². The zero-order valence-corrected chi connectivity index (χ0v) is 10.2. The number of hydrogen-bond donors (Lipinski definition) is 1. The van der Waals surface area contributed by atoms with Crippen LogP contribution in [0.5, 0.6) is 0 Å². The van der Waals surface area contributed by atoms with Crippen LogP contribution in [-0.4, -0.2) is 33.3 Å². The van der Waals surface area contributed by atoms with Crippen LogP contribution in [-0.2, 0) is 6.42 Å². The number of alkyl halides is 1. The van der Waals surface area contributed by atoms with Crippen LogP contribution in [0.4, 0.5) is 0 Å². The van der Waals surface area contributed by atoms with Crippen molar-refractivity contribution in [1.29, 1.82) is 0 Å². The van der Waals surface area contributed by atoms with Gasteiger partial charge >= 0.3 is 0 Å². The highest BCUT2D eigenvalue weighted by Crippen LogP contribution is 2.17. The molecule has 2 heterocycles. The highest BCUT2D eigenvalue weighted by molar-refractivity contribution is 9.12. The fourth-order valence-corrected chi connectivity index (χ4v) is 1.91. The van der Waals surface area contributed by atoms with Gasteiger partial charge in [-0.25, -0.2) is 4.98 Å². The summed E-state index contributed by atoms with van der Waals surface area (Å²) in [6, 6.07) is 0. The molecule has 0 aromatic carbocycles. The Morgan fingerprint density at radius 1 is 1.60 bits per heavy atom. The molecule has 0 bridgehead atoms. The van der Waals surface area contributed by atoms with Crippen molar-refractivity contribution in [2.75, 3.05) is 6.54 Å². The van der Waals surface area contributed by atoms with Gasteiger partial charge in [0.1, 0.15) is 0 Å². The maximum atomic E-state index is 6.02. The monoisotopic (exact) mass is 288 g/mol. The minimum absolute atomic E-state index is 0.315. The Labute approximate surface area is 101 Å². The van der Waals surface area contributed by atoms with Crippen molar-refractivity contribution in [1.82, 2.24) is 14.9 Å². The molecular formula is C9H10BrClN4. The first-order valence-electron chi connectivity index (χ1n) is 4.53. The number of rotatable bonds is 3. The molecule has 0 radical (unpaired) electrons. The predicted octanol–water partition coefficient (Wildman–Crippen LogP) is 2.10. The van der Waals surface area contributed by atoms with Crippen molar-refractivity contribution in [3.8, 4) is 0 Å². The third-order valence-corrected chi connectivity index (χ3v) is 2.84. The van der Waals surface area contributed by atoms with E-state index >= 15 is 0 Å². The largest absolute Gasteiger partial charge is 0.351 e. The van der Waals surface area contributed by atoms with Gasteiger partial charge in [-0.15, -0.1) is 0 Å². The maximum Gasteiger partial charge on any atom is 0.197 e. The quantitative estimate of drug-likeness (QED) is 0.684. The number of aromatic amines is 1. The number of aromatic nitrogens is 2. The molecule has 0 fully saturated rings. The number of imidazole rings is 1. The third-order valence-electron chi connectivity index (χ3n) is 2.06. The molecule has 0 saturated carbocycles. The third kappa shape index (κ3) is 2.82. The second kappa shape index (κ2) is 4.81. The molecule has 2 rings (SSSR count). The molecule has 15 heavy (non-hydrogen) atoms. The van der Waals surface area contributed by atoms with Crippen molar-refractivity contribution in [3.05, 3.63) is 28.9 Å². The van der Waals surface area contributed by atoms with Gasteiger partial charge in [0.2, 0.25) is 0 Å². The summed E-state index contributed by atoms with van der Waals surface area (Å²) in [7, 11) is 0. The smallest absolute Gasteiger partial charge is 0.197 e. The summed E-state index contributed by atoms with van der Waals surface area (Å²) >= 11 is 9.39. The number of allylic oxidation sites excluding steroid dienone is 1. The molecule has 1 aromatic heterocycles. The van der Waals surface area contributed by atoms with Gasteiger partial charge in [-0.05, 0) is 15.9 Å². The molecule has 1 N–H and O–H groups in total. The Balaban J connectivity index is 1.92. The topological polar surface area (TPSA) is 44.3 Å². The van der Waals surface area contributed by atoms with E-state index < -0.39 is 0 Å². The Morgan fingerprint density at radius 2 is 2.47 bits per heavy atom. The van der Waals surface area contributed by atoms with Crippen LogP contribution < -0.4 is 0 Å². The molecule has 4 nitrogen and oxygen atoms in total. The average molecular weight is 290 g/mol. The van der Waals surface area contributed by atoms with Crippen LogP contribution >= 0.6 is 27.5 Å². The molecule has 1 atom stereocenters. The lowest BCUT2D eigenvalue weighted by atomic mass is 10.3. The summed E-state index contributed by atoms with van der Waals surface area (Å²) in [5, 5.41) is 0. The van der Waals surface area contributed by atoms with Crippen molar-refractivity contribution in [2.24, 2.45) is 4.99 Å². The van der Waals surface area contributed by atoms with E-state index in [1.165, 1.54) is 0 Å². The zero-order valence-electron chi connectivity index (χ0n) is 7.90. The first kappa shape index (κ1) is 10.7. The highest BCUT2D eigenvalue weighted by atomic mass is 79.9. The normalized spacial score (nSPS) is 20.5. The molecule has 1 aliphatic heterocycles. The number of nitrogens with one attached hydrogen (secondary N) is 1. The molecule has 0 amide bonds. The van der Waals surface area contributed by atoms with E-state index in [0.717, 1.165) is 23.1 Å². The van der Waals surface area contributed by atoms with Gasteiger partial charge in [-0.1, -0.05) is 11.6 Å². The van der Waals surface area contributed by atoms with Crippen LogP contribution in [0, 0.1) is 0 Å². The predicted molar refractivity (Wildman–Crippen MR) is 64.1 cm³/mol. The van der Waals surface area contributed by atoms with Gasteiger partial charge in [-0.3, -0.25) is 4.99 Å². The first-order chi connectivity index (χ1) is 7.25. The van der Waals surface area contributed by atoms with Crippen molar-refractivity contribution in [3.63, 3.8) is 0 Å². The summed E-state index contributed by atoms with van der Waals surface area (Å²) in [6.45, 7) is 0.797. The molecular weight excluding hydrogens is 279 g/mol. The summed E-state index contributed by atoms with van der Waals surface area (Å²) in [6.07, 6.45) is 8.06. The minimum atomic E-state index is -0.315. The Hall–Kier alpha value is -0.810. The SMILES string of the molecule is ClC1N=CC(Br)=CN1CCc1c[nH]cn1. The molecule has 6 heteroatoms. The molecule has 0 aliphatic carbocycles. The number of nitrogens with zero attached hydrogens (tertiary/aromatic N) is 3. The minimum Gasteiger partial charge on any atom is -0.351 e. The van der Waals surface area contributed by atoms with E-state index in [9.17, 15) is 0 Å². The van der Waals surface area contributed by atoms with Crippen molar-refractivity contribution < 1.29 is 0 Å². The first-order valence-corrected chi connectivity index (χ1v) is 5.76. The van der Waals surface area contributed by atoms with Crippen LogP contribution in [0.15, 0.2) is 28.2 Å². The van der Waals surface area contributed by atoms with E-state index in [-0.39, 0.29) is 5.62 Å². The molecule has 0 saturated heterocycles. The molecule has 1 aromatic rings. The number of aliphatic imine (C=N–C) groups is 1. The zero-order chi connectivity index (χ0) is 10.7. The fraction of sp³-hybridized carbons (Fsp3) is 0.333. The molecule has 80 valence electrons. The summed E-state index contributed by atoms with van der Waals surface area (Å²) in [4.78, 5) is 13.1. The van der Waals surface area contributed by atoms with Gasteiger partial charge in [0, 0.05) is 31.6 Å². The number of hydrogen-bond acceptors (Lipinski definition) is 3. The van der Waals surface area contributed by atoms with Crippen molar-refractivity contribution in [2.45, 2.75) is 12.0 Å². The van der Waals surface area contributed by atoms with Gasteiger partial charge in [0.05, 0.1) is 16.5 Å². The highest BCUT2D eigenvalue weighted by Gasteiger charge is 2.14. The second-order valence-corrected chi connectivity index (χ2v) is 4.46. The Morgan fingerprint density at radius 3 is 3.20 bits per heavy atom. The van der Waals surface area contributed by atoms with E-state index in [1.807, 2.05) is 17.3 Å². The maximum absolute atomic E-state index is 6.02. The van der Waals surface area contributed by atoms with Crippen LogP contribution in [0.3, 0.4) is 0 Å². The number of halogens is 2. The summed E-state index contributed by atoms with van der Waals surface area (Å²) < 4.78 is 0.932. The fourth-order valence-electron chi connectivity index (χ4n) is 1.31. The average Bonchev–Trinajstić information content (AvgIpc) is 2.72. The number of H-pyrrole nitrogens is 1. The summed E-state index contributed by atoms with van der Waals surface area (Å²) in [5.74, 6) is 0. The van der Waals surface area contributed by atoms with Crippen LogP contribution in [0.25, 0.3) is 0 Å². The van der Waals surface area contributed by atoms with E-state index in [1.54, 1.807) is 12.5 Å². The lowest BCUT2D eigenvalue weighted by Gasteiger charge is -2.25. The van der Waals surface area contributed by atoms with Gasteiger partial charge < -0.3 is 9.88 Å². The Kier molecular flexibility index (Phi) is 3.43. The Bertz CT molecular complexity index is 373. The molecule has 1 aliphatic rings. The van der Waals surface area contributed by atoms with Crippen molar-refractivity contribution >= 4 is 33.7 Å². The molecule has 1 unspecified atom stereocenters. The van der Waals surface area contributed by atoms with Gasteiger partial charge in [-0.2, -0.15) is 0 Å². The van der Waals surface area contributed by atoms with E-state index in [2.05, 4.69) is 30.9 Å². The van der Waals surface area contributed by atoms with E-state index in [0.29, 0.717) is 0 Å². The van der Waals surface area contributed by atoms with Gasteiger partial charge in [0.25, 0.3) is 0 Å². The second-order valence-electron chi connectivity index (χ2n) is 3.15. The lowest BCUT2D eigenvalue weighted by Crippen LogP contribution is -2.29. The lowest BCUT2D eigenvalue weighted by molar-refractivity contribution is 0.355. The van der Waals surface area contributed by atoms with Gasteiger partial charge in [0.15, 0.2) is 5.62 Å². The summed E-state index contributed by atoms with van der Waals surface area (Å²) in [5.41, 5.74) is 0.711. The van der Waals surface area contributed by atoms with E-state index in [4.69, 9.17) is 11.6 Å². The standard InChI is InChI=1S/C9H10BrClN4/c10-7-3-13-9(11)15(5-7)2-1-8-4-12-6-14-8/h3-6,9H,1-2H2,(H,12,14).